The van der Waals surface area contributed by atoms with Crippen molar-refractivity contribution in [1.82, 2.24) is 0 Å². The molecule has 154 valence electrons. The van der Waals surface area contributed by atoms with E-state index in [1.54, 1.807) is 36.2 Å². The molecule has 0 radical (unpaired) electrons. The second-order valence-corrected chi connectivity index (χ2v) is 8.55. The molecule has 4 aromatic carbocycles. The molecule has 1 nitrogen and oxygen atoms in total. The van der Waals surface area contributed by atoms with Gasteiger partial charge in [-0.15, -0.1) is 0 Å². The maximum Gasteiger partial charge on any atom is 0.147 e. The van der Waals surface area contributed by atoms with Crippen LogP contribution < -0.4 is 4.90 Å². The Morgan fingerprint density at radius 1 is 0.613 bits per heavy atom. The Kier molecular flexibility index (Phi) is 4.44. The molecule has 0 unspecified atom stereocenters. The molecule has 0 aliphatic heterocycles. The number of para-hydroxylation sites is 2. The van der Waals surface area contributed by atoms with E-state index in [0.717, 1.165) is 16.7 Å². The summed E-state index contributed by atoms with van der Waals surface area (Å²) in [6.45, 7) is 4.44. The fourth-order valence-corrected chi connectivity index (χ4v) is 4.90. The van der Waals surface area contributed by atoms with Crippen molar-refractivity contribution in [3.05, 3.63) is 108 Å². The molecule has 0 saturated carbocycles. The zero-order chi connectivity index (χ0) is 21.8. The largest absolute Gasteiger partial charge is 0.339 e. The molecule has 3 heteroatoms. The van der Waals surface area contributed by atoms with Gasteiger partial charge in [-0.25, -0.2) is 8.78 Å². The smallest absolute Gasteiger partial charge is 0.147 e. The van der Waals surface area contributed by atoms with Crippen molar-refractivity contribution in [2.45, 2.75) is 19.3 Å². The first kappa shape index (κ1) is 19.5. The predicted octanol–water partition coefficient (Wildman–Crippen LogP) is 7.71. The SMILES string of the molecule is CN(c1ccccc1F)c1c(F)cccc1-c1cccc2c1-c1ccccc1C2(C)C. The minimum absolute atomic E-state index is 0.146. The van der Waals surface area contributed by atoms with Crippen LogP contribution in [0.2, 0.25) is 0 Å². The van der Waals surface area contributed by atoms with E-state index in [9.17, 15) is 4.39 Å². The van der Waals surface area contributed by atoms with Crippen molar-refractivity contribution >= 4 is 11.4 Å². The first-order chi connectivity index (χ1) is 14.9. The summed E-state index contributed by atoms with van der Waals surface area (Å²) < 4.78 is 29.8. The first-order valence-electron chi connectivity index (χ1n) is 10.4. The van der Waals surface area contributed by atoms with Gasteiger partial charge in [0.05, 0.1) is 11.4 Å². The lowest BCUT2D eigenvalue weighted by atomic mass is 9.82. The highest BCUT2D eigenvalue weighted by Gasteiger charge is 2.37. The molecule has 31 heavy (non-hydrogen) atoms. The summed E-state index contributed by atoms with van der Waals surface area (Å²) in [5, 5.41) is 0. The third-order valence-corrected chi connectivity index (χ3v) is 6.43. The van der Waals surface area contributed by atoms with Gasteiger partial charge in [0.15, 0.2) is 0 Å². The van der Waals surface area contributed by atoms with Crippen molar-refractivity contribution < 1.29 is 8.78 Å². The van der Waals surface area contributed by atoms with Gasteiger partial charge in [0.1, 0.15) is 11.6 Å². The Balaban J connectivity index is 1.79. The van der Waals surface area contributed by atoms with E-state index in [0.29, 0.717) is 11.4 Å². The Morgan fingerprint density at radius 2 is 1.19 bits per heavy atom. The molecule has 0 fully saturated rings. The lowest BCUT2D eigenvalue weighted by Gasteiger charge is -2.25. The van der Waals surface area contributed by atoms with Crippen LogP contribution in [0.15, 0.2) is 84.9 Å². The number of fused-ring (bicyclic) bond motifs is 3. The number of nitrogens with zero attached hydrogens (tertiary/aromatic N) is 1. The Morgan fingerprint density at radius 3 is 2.00 bits per heavy atom. The lowest BCUT2D eigenvalue weighted by molar-refractivity contribution is 0.618. The Bertz CT molecular complexity index is 1310. The average Bonchev–Trinajstić information content (AvgIpc) is 3.01. The van der Waals surface area contributed by atoms with Gasteiger partial charge in [0.2, 0.25) is 0 Å². The molecule has 4 aromatic rings. The van der Waals surface area contributed by atoms with Crippen LogP contribution >= 0.6 is 0 Å². The highest BCUT2D eigenvalue weighted by Crippen LogP contribution is 2.53. The molecule has 0 amide bonds. The van der Waals surface area contributed by atoms with E-state index < -0.39 is 0 Å². The third-order valence-electron chi connectivity index (χ3n) is 6.43. The molecule has 0 N–H and O–H groups in total. The molecule has 0 atom stereocenters. The van der Waals surface area contributed by atoms with E-state index in [-0.39, 0.29) is 17.0 Å². The molecule has 0 saturated heterocycles. The molecular weight excluding hydrogens is 388 g/mol. The van der Waals surface area contributed by atoms with E-state index in [1.807, 2.05) is 24.3 Å². The number of halogens is 2. The highest BCUT2D eigenvalue weighted by atomic mass is 19.1. The monoisotopic (exact) mass is 411 g/mol. The van der Waals surface area contributed by atoms with Crippen LogP contribution in [0.4, 0.5) is 20.2 Å². The standard InChI is InChI=1S/C28H23F2N/c1-28(2)21-13-5-4-10-20(21)26-18(11-8-14-22(26)28)19-12-9-16-24(30)27(19)31(3)25-17-7-6-15-23(25)29/h4-17H,1-3H3. The minimum Gasteiger partial charge on any atom is -0.339 e. The topological polar surface area (TPSA) is 3.24 Å². The summed E-state index contributed by atoms with van der Waals surface area (Å²) in [6.07, 6.45) is 0. The molecule has 1 aliphatic carbocycles. The molecule has 1 aliphatic rings. The summed E-state index contributed by atoms with van der Waals surface area (Å²) in [6, 6.07) is 26.1. The van der Waals surface area contributed by atoms with Gasteiger partial charge >= 0.3 is 0 Å². The second-order valence-electron chi connectivity index (χ2n) is 8.55. The van der Waals surface area contributed by atoms with Gasteiger partial charge in [-0.3, -0.25) is 0 Å². The minimum atomic E-state index is -0.385. The third kappa shape index (κ3) is 2.88. The predicted molar refractivity (Wildman–Crippen MR) is 124 cm³/mol. The van der Waals surface area contributed by atoms with Gasteiger partial charge < -0.3 is 4.90 Å². The summed E-state index contributed by atoms with van der Waals surface area (Å²) in [7, 11) is 1.71. The van der Waals surface area contributed by atoms with E-state index >= 15 is 4.39 Å². The summed E-state index contributed by atoms with van der Waals surface area (Å²) in [5.41, 5.74) is 7.02. The normalized spacial score (nSPS) is 13.6. The zero-order valence-corrected chi connectivity index (χ0v) is 17.8. The lowest BCUT2D eigenvalue weighted by Crippen LogP contribution is -2.15. The van der Waals surface area contributed by atoms with Crippen LogP contribution in [-0.2, 0) is 5.41 Å². The summed E-state index contributed by atoms with van der Waals surface area (Å²) >= 11 is 0. The van der Waals surface area contributed by atoms with E-state index in [1.165, 1.54) is 28.8 Å². The fraction of sp³-hybridized carbons (Fsp3) is 0.143. The van der Waals surface area contributed by atoms with Crippen LogP contribution in [0, 0.1) is 11.6 Å². The van der Waals surface area contributed by atoms with Gasteiger partial charge in [0.25, 0.3) is 0 Å². The summed E-state index contributed by atoms with van der Waals surface area (Å²) in [5.74, 6) is -0.768. The van der Waals surface area contributed by atoms with Gasteiger partial charge in [0, 0.05) is 18.0 Å². The molecular formula is C28H23F2N. The number of hydrogen-bond donors (Lipinski definition) is 0. The fourth-order valence-electron chi connectivity index (χ4n) is 4.90. The number of anilines is 2. The first-order valence-corrected chi connectivity index (χ1v) is 10.4. The van der Waals surface area contributed by atoms with Gasteiger partial charge in [-0.05, 0) is 46.0 Å². The van der Waals surface area contributed by atoms with Crippen LogP contribution in [0.5, 0.6) is 0 Å². The van der Waals surface area contributed by atoms with E-state index in [4.69, 9.17) is 0 Å². The van der Waals surface area contributed by atoms with Crippen LogP contribution in [0.25, 0.3) is 22.3 Å². The van der Waals surface area contributed by atoms with Crippen LogP contribution in [-0.4, -0.2) is 7.05 Å². The molecule has 0 spiro atoms. The van der Waals surface area contributed by atoms with E-state index in [2.05, 4.69) is 38.1 Å². The maximum atomic E-state index is 15.2. The van der Waals surface area contributed by atoms with Gasteiger partial charge in [-0.2, -0.15) is 0 Å². The van der Waals surface area contributed by atoms with Crippen LogP contribution in [0.3, 0.4) is 0 Å². The number of benzene rings is 4. The van der Waals surface area contributed by atoms with Crippen molar-refractivity contribution in [3.8, 4) is 22.3 Å². The number of rotatable bonds is 3. The molecule has 0 bridgehead atoms. The zero-order valence-electron chi connectivity index (χ0n) is 17.8. The molecule has 0 aromatic heterocycles. The maximum absolute atomic E-state index is 15.2. The second kappa shape index (κ2) is 7.05. The Labute approximate surface area is 181 Å². The number of hydrogen-bond acceptors (Lipinski definition) is 1. The van der Waals surface area contributed by atoms with Crippen molar-refractivity contribution in [2.24, 2.45) is 0 Å². The van der Waals surface area contributed by atoms with Crippen molar-refractivity contribution in [1.29, 1.82) is 0 Å². The molecule has 0 heterocycles. The summed E-state index contributed by atoms with van der Waals surface area (Å²) in [4.78, 5) is 1.60. The molecule has 5 rings (SSSR count). The highest BCUT2D eigenvalue weighted by molar-refractivity contribution is 5.96. The van der Waals surface area contributed by atoms with Crippen molar-refractivity contribution in [2.75, 3.05) is 11.9 Å². The van der Waals surface area contributed by atoms with Gasteiger partial charge in [-0.1, -0.05) is 80.6 Å². The quantitative estimate of drug-likeness (QED) is 0.334. The van der Waals surface area contributed by atoms with Crippen molar-refractivity contribution in [3.63, 3.8) is 0 Å². The van der Waals surface area contributed by atoms with Crippen LogP contribution in [0.1, 0.15) is 25.0 Å². The Hall–Kier alpha value is -3.46. The average molecular weight is 411 g/mol.